The third-order valence-corrected chi connectivity index (χ3v) is 9.54. The van der Waals surface area contributed by atoms with Crippen molar-refractivity contribution in [1.82, 2.24) is 0 Å². The first-order chi connectivity index (χ1) is 23.9. The number of rotatable bonds is 2. The molecule has 9 rings (SSSR count). The molecule has 1 fully saturated rings. The summed E-state index contributed by atoms with van der Waals surface area (Å²) in [5.41, 5.74) is 9.49. The smallest absolute Gasteiger partial charge is 0.238 e. The van der Waals surface area contributed by atoms with Gasteiger partial charge in [-0.3, -0.25) is 9.59 Å². The highest BCUT2D eigenvalue weighted by Crippen LogP contribution is 2.62. The van der Waals surface area contributed by atoms with Gasteiger partial charge < -0.3 is 4.90 Å². The molecular weight excluding hydrogens is 603 g/mol. The van der Waals surface area contributed by atoms with Gasteiger partial charge >= 0.3 is 0 Å². The molecule has 49 heavy (non-hydrogen) atoms. The maximum atomic E-state index is 14.6. The number of amides is 2. The molecule has 0 unspecified atom stereocenters. The normalized spacial score (nSPS) is 19.0. The van der Waals surface area contributed by atoms with E-state index in [1.54, 1.807) is 6.07 Å². The molecule has 4 aliphatic rings. The van der Waals surface area contributed by atoms with E-state index in [4.69, 9.17) is 5.26 Å². The minimum absolute atomic E-state index is 0.138. The van der Waals surface area contributed by atoms with Gasteiger partial charge in [0.05, 0.1) is 23.6 Å². The minimum Gasteiger partial charge on any atom is -0.378 e. The second-order valence-corrected chi connectivity index (χ2v) is 12.5. The molecule has 1 aliphatic heterocycles. The van der Waals surface area contributed by atoms with E-state index in [0.717, 1.165) is 50.2 Å². The largest absolute Gasteiger partial charge is 0.378 e. The van der Waals surface area contributed by atoms with Crippen LogP contribution in [-0.4, -0.2) is 25.9 Å². The minimum atomic E-state index is -0.551. The van der Waals surface area contributed by atoms with Gasteiger partial charge in [-0.1, -0.05) is 84.3 Å². The van der Waals surface area contributed by atoms with Crippen LogP contribution in [0.5, 0.6) is 0 Å². The summed E-state index contributed by atoms with van der Waals surface area (Å²) < 4.78 is 0. The van der Waals surface area contributed by atoms with E-state index in [1.807, 2.05) is 128 Å². The van der Waals surface area contributed by atoms with E-state index < -0.39 is 11.8 Å². The van der Waals surface area contributed by atoms with E-state index in [9.17, 15) is 9.59 Å². The van der Waals surface area contributed by atoms with Crippen molar-refractivity contribution < 1.29 is 9.59 Å². The van der Waals surface area contributed by atoms with Gasteiger partial charge in [0.1, 0.15) is 0 Å². The van der Waals surface area contributed by atoms with Crippen LogP contribution in [0.3, 0.4) is 0 Å². The van der Waals surface area contributed by atoms with Gasteiger partial charge in [0, 0.05) is 60.8 Å². The fourth-order valence-corrected chi connectivity index (χ4v) is 7.57. The zero-order valence-corrected chi connectivity index (χ0v) is 27.5. The van der Waals surface area contributed by atoms with Crippen LogP contribution in [0.25, 0.3) is 0 Å². The molecule has 2 amide bonds. The van der Waals surface area contributed by atoms with Gasteiger partial charge in [0.2, 0.25) is 11.8 Å². The van der Waals surface area contributed by atoms with Crippen molar-refractivity contribution in [2.24, 2.45) is 11.8 Å². The standard InChI is InChI=1S/C42H30N2O2.C2H3N/c1-43(2)31-23-25-32(26-24-31)44-41(45)39-37-33-17-9-15-29(21-19-27-11-5-3-6-12-27)35(33)38(40(39)42(44)46)36-30(16-10-18-34(36)37)22-20-28-13-7-4-8-14-28;1-2-3/h3-18,23-26,37-40H,1-2H3;1H3/t37?,38?,39-,40+;/m1./s1. The number of hydrogen-bond acceptors (Lipinski definition) is 4. The van der Waals surface area contributed by atoms with Crippen LogP contribution in [0, 0.1) is 46.8 Å². The second-order valence-electron chi connectivity index (χ2n) is 12.5. The third kappa shape index (κ3) is 5.45. The van der Waals surface area contributed by atoms with Gasteiger partial charge in [-0.15, -0.1) is 0 Å². The quantitative estimate of drug-likeness (QED) is 0.149. The SMILES string of the molecule is CC#N.CN(C)c1ccc(N2C(=O)[C@@H]3C4c5cccc(C#Cc6ccccc6)c5C(c5c(C#Cc6ccccc6)cccc54)[C@@H]3C2=O)cc1. The second kappa shape index (κ2) is 13.0. The molecule has 5 nitrogen and oxygen atoms in total. The summed E-state index contributed by atoms with van der Waals surface area (Å²) in [7, 11) is 3.94. The Morgan fingerprint density at radius 3 is 1.47 bits per heavy atom. The topological polar surface area (TPSA) is 64.4 Å². The van der Waals surface area contributed by atoms with Crippen molar-refractivity contribution in [3.05, 3.63) is 166 Å². The highest BCUT2D eigenvalue weighted by molar-refractivity contribution is 6.23. The Labute approximate surface area is 287 Å². The molecule has 0 radical (unpaired) electrons. The van der Waals surface area contributed by atoms with E-state index in [1.165, 1.54) is 11.8 Å². The number of carbonyl (C=O) groups is 2. The average molecular weight is 636 g/mol. The van der Waals surface area contributed by atoms with E-state index in [-0.39, 0.29) is 23.7 Å². The molecule has 1 heterocycles. The molecule has 3 aliphatic carbocycles. The van der Waals surface area contributed by atoms with Gasteiger partial charge in [0.25, 0.3) is 0 Å². The van der Waals surface area contributed by atoms with Crippen LogP contribution in [0.4, 0.5) is 11.4 Å². The van der Waals surface area contributed by atoms with Gasteiger partial charge in [-0.05, 0) is 82.9 Å². The zero-order valence-electron chi connectivity index (χ0n) is 27.5. The number of imide groups is 1. The number of nitriles is 1. The predicted molar refractivity (Wildman–Crippen MR) is 193 cm³/mol. The Balaban J connectivity index is 0.00000122. The van der Waals surface area contributed by atoms with Crippen LogP contribution in [0.2, 0.25) is 0 Å². The molecular formula is C44H33N3O2. The van der Waals surface area contributed by atoms with E-state index in [0.29, 0.717) is 5.69 Å². The maximum Gasteiger partial charge on any atom is 0.238 e. The van der Waals surface area contributed by atoms with Crippen molar-refractivity contribution in [1.29, 1.82) is 5.26 Å². The van der Waals surface area contributed by atoms with Crippen molar-refractivity contribution in [2.45, 2.75) is 18.8 Å². The van der Waals surface area contributed by atoms with Gasteiger partial charge in [0.15, 0.2) is 0 Å². The van der Waals surface area contributed by atoms with Crippen LogP contribution in [0.15, 0.2) is 121 Å². The van der Waals surface area contributed by atoms with Crippen LogP contribution < -0.4 is 9.80 Å². The summed E-state index contributed by atoms with van der Waals surface area (Å²) in [6.07, 6.45) is 0. The first kappa shape index (κ1) is 31.3. The lowest BCUT2D eigenvalue weighted by molar-refractivity contribution is -0.122. The van der Waals surface area contributed by atoms with Crippen molar-refractivity contribution in [3.63, 3.8) is 0 Å². The van der Waals surface area contributed by atoms with Crippen LogP contribution in [0.1, 0.15) is 63.3 Å². The Bertz CT molecular complexity index is 2140. The Kier molecular flexibility index (Phi) is 8.32. The molecule has 5 aromatic rings. The summed E-state index contributed by atoms with van der Waals surface area (Å²) >= 11 is 0. The number of carbonyl (C=O) groups excluding carboxylic acids is 2. The first-order valence-electron chi connectivity index (χ1n) is 16.3. The maximum absolute atomic E-state index is 14.6. The molecule has 5 aromatic carbocycles. The number of nitrogens with zero attached hydrogens (tertiary/aromatic N) is 3. The lowest BCUT2D eigenvalue weighted by atomic mass is 9.53. The first-order valence-corrected chi connectivity index (χ1v) is 16.3. The summed E-state index contributed by atoms with van der Waals surface area (Å²) in [5.74, 6) is 11.6. The summed E-state index contributed by atoms with van der Waals surface area (Å²) in [4.78, 5) is 32.4. The lowest BCUT2D eigenvalue weighted by Gasteiger charge is -2.46. The average Bonchev–Trinajstić information content (AvgIpc) is 3.40. The molecule has 2 atom stereocenters. The molecule has 0 saturated carbocycles. The summed E-state index contributed by atoms with van der Waals surface area (Å²) in [6, 6.07) is 41.6. The number of benzene rings is 5. The van der Waals surface area contributed by atoms with Crippen LogP contribution in [-0.2, 0) is 9.59 Å². The highest BCUT2D eigenvalue weighted by Gasteiger charge is 2.62. The zero-order chi connectivity index (χ0) is 34.1. The number of hydrogen-bond donors (Lipinski definition) is 0. The van der Waals surface area contributed by atoms with Crippen molar-refractivity contribution in [3.8, 4) is 29.8 Å². The summed E-state index contributed by atoms with van der Waals surface area (Å²) in [6.45, 7) is 1.43. The Morgan fingerprint density at radius 1 is 0.571 bits per heavy atom. The highest BCUT2D eigenvalue weighted by atomic mass is 16.2. The van der Waals surface area contributed by atoms with Crippen molar-refractivity contribution >= 4 is 23.2 Å². The fourth-order valence-electron chi connectivity index (χ4n) is 7.57. The molecule has 236 valence electrons. The molecule has 5 heteroatoms. The predicted octanol–water partition coefficient (Wildman–Crippen LogP) is 7.48. The Hall–Kier alpha value is -6.35. The third-order valence-electron chi connectivity index (χ3n) is 9.54. The van der Waals surface area contributed by atoms with E-state index >= 15 is 0 Å². The lowest BCUT2D eigenvalue weighted by Crippen LogP contribution is -2.42. The van der Waals surface area contributed by atoms with Crippen LogP contribution >= 0.6 is 0 Å². The monoisotopic (exact) mass is 635 g/mol. The van der Waals surface area contributed by atoms with Gasteiger partial charge in [-0.25, -0.2) is 4.90 Å². The molecule has 1 saturated heterocycles. The Morgan fingerprint density at radius 2 is 1.02 bits per heavy atom. The van der Waals surface area contributed by atoms with E-state index in [2.05, 4.69) is 35.8 Å². The van der Waals surface area contributed by atoms with Gasteiger partial charge in [-0.2, -0.15) is 5.26 Å². The molecule has 0 aromatic heterocycles. The molecule has 0 spiro atoms. The fraction of sp³-hybridized carbons (Fsp3) is 0.159. The molecule has 2 bridgehead atoms. The summed E-state index contributed by atoms with van der Waals surface area (Å²) in [5, 5.41) is 7.32. The number of anilines is 2. The van der Waals surface area contributed by atoms with Crippen molar-refractivity contribution in [2.75, 3.05) is 23.9 Å². The molecule has 0 N–H and O–H groups in total.